The van der Waals surface area contributed by atoms with Gasteiger partial charge in [0.1, 0.15) is 5.75 Å². The molecule has 0 unspecified atom stereocenters. The highest BCUT2D eigenvalue weighted by molar-refractivity contribution is 5.31. The van der Waals surface area contributed by atoms with Crippen LogP contribution in [0.25, 0.3) is 0 Å². The van der Waals surface area contributed by atoms with Crippen molar-refractivity contribution in [3.05, 3.63) is 29.8 Å². The van der Waals surface area contributed by atoms with Gasteiger partial charge >= 0.3 is 12.4 Å². The smallest absolute Gasteiger partial charge is 0.404 e. The number of ether oxygens (including phenoxy) is 1. The quantitative estimate of drug-likeness (QED) is 0.746. The molecule has 0 spiro atoms. The van der Waals surface area contributed by atoms with E-state index in [4.69, 9.17) is 4.74 Å². The topological polar surface area (TPSA) is 9.23 Å². The van der Waals surface area contributed by atoms with Crippen molar-refractivity contribution in [3.63, 3.8) is 0 Å². The molecule has 1 aromatic rings. The van der Waals surface area contributed by atoms with Crippen LogP contribution in [0.2, 0.25) is 0 Å². The van der Waals surface area contributed by atoms with Crippen LogP contribution < -0.4 is 4.74 Å². The lowest BCUT2D eigenvalue weighted by Gasteiger charge is -2.23. The largest absolute Gasteiger partial charge is 0.494 e. The third-order valence-corrected chi connectivity index (χ3v) is 2.18. The zero-order valence-corrected chi connectivity index (χ0v) is 9.27. The van der Waals surface area contributed by atoms with Gasteiger partial charge in [0.15, 0.2) is 5.92 Å². The summed E-state index contributed by atoms with van der Waals surface area (Å²) in [5.74, 6) is -3.25. The van der Waals surface area contributed by atoms with E-state index in [1.165, 1.54) is 0 Å². The average Bonchev–Trinajstić information content (AvgIpc) is 2.17. The first-order valence-corrected chi connectivity index (χ1v) is 5.02. The molecule has 0 N–H and O–H groups in total. The van der Waals surface area contributed by atoms with Gasteiger partial charge in [-0.25, -0.2) is 0 Å². The first kappa shape index (κ1) is 14.7. The van der Waals surface area contributed by atoms with Gasteiger partial charge in [0.05, 0.1) is 6.61 Å². The fourth-order valence-corrected chi connectivity index (χ4v) is 1.49. The average molecular weight is 272 g/mol. The van der Waals surface area contributed by atoms with Crippen molar-refractivity contribution in [2.75, 3.05) is 6.61 Å². The minimum Gasteiger partial charge on any atom is -0.494 e. The van der Waals surface area contributed by atoms with Crippen molar-refractivity contribution in [3.8, 4) is 5.75 Å². The van der Waals surface area contributed by atoms with Gasteiger partial charge in [-0.15, -0.1) is 0 Å². The highest BCUT2D eigenvalue weighted by Crippen LogP contribution is 2.46. The zero-order chi connectivity index (χ0) is 14.0. The maximum Gasteiger partial charge on any atom is 0.404 e. The van der Waals surface area contributed by atoms with Gasteiger partial charge in [0.2, 0.25) is 0 Å². The fourth-order valence-electron chi connectivity index (χ4n) is 1.49. The Hall–Kier alpha value is -1.40. The lowest BCUT2D eigenvalue weighted by molar-refractivity contribution is -0.253. The van der Waals surface area contributed by atoms with Gasteiger partial charge in [-0.3, -0.25) is 0 Å². The van der Waals surface area contributed by atoms with E-state index in [2.05, 4.69) is 0 Å². The first-order valence-electron chi connectivity index (χ1n) is 5.02. The molecule has 0 saturated heterocycles. The van der Waals surface area contributed by atoms with E-state index in [-0.39, 0.29) is 12.4 Å². The molecule has 1 aromatic carbocycles. The third kappa shape index (κ3) is 3.54. The number of benzene rings is 1. The molecule has 18 heavy (non-hydrogen) atoms. The fraction of sp³-hybridized carbons (Fsp3) is 0.455. The van der Waals surface area contributed by atoms with Crippen molar-refractivity contribution >= 4 is 0 Å². The van der Waals surface area contributed by atoms with Crippen LogP contribution in [0.15, 0.2) is 24.3 Å². The number of hydrogen-bond donors (Lipinski definition) is 0. The summed E-state index contributed by atoms with van der Waals surface area (Å²) in [7, 11) is 0. The molecule has 7 heteroatoms. The predicted octanol–water partition coefficient (Wildman–Crippen LogP) is 4.29. The number of hydrogen-bond acceptors (Lipinski definition) is 1. The van der Waals surface area contributed by atoms with Gasteiger partial charge in [0, 0.05) is 0 Å². The van der Waals surface area contributed by atoms with Gasteiger partial charge in [0.25, 0.3) is 0 Å². The first-order chi connectivity index (χ1) is 8.16. The van der Waals surface area contributed by atoms with E-state index in [1.807, 2.05) is 0 Å². The highest BCUT2D eigenvalue weighted by atomic mass is 19.4. The van der Waals surface area contributed by atoms with Crippen LogP contribution >= 0.6 is 0 Å². The summed E-state index contributed by atoms with van der Waals surface area (Å²) < 4.78 is 79.3. The molecule has 0 aliphatic carbocycles. The lowest BCUT2D eigenvalue weighted by Crippen LogP contribution is -2.34. The normalized spacial score (nSPS) is 12.9. The van der Waals surface area contributed by atoms with E-state index >= 15 is 0 Å². The summed E-state index contributed by atoms with van der Waals surface area (Å²) >= 11 is 0. The molecule has 0 heterocycles. The van der Waals surface area contributed by atoms with Crippen LogP contribution in [0, 0.1) is 0 Å². The maximum atomic E-state index is 12.4. The molecule has 0 radical (unpaired) electrons. The summed E-state index contributed by atoms with van der Waals surface area (Å²) in [6.45, 7) is 1.93. The van der Waals surface area contributed by atoms with Crippen LogP contribution in [-0.2, 0) is 0 Å². The number of alkyl halides is 6. The Kier molecular flexibility index (Phi) is 4.13. The number of halogens is 6. The van der Waals surface area contributed by atoms with E-state index in [0.717, 1.165) is 24.3 Å². The SMILES string of the molecule is CCOc1ccc(C(C(F)(F)F)C(F)(F)F)cc1. The highest BCUT2D eigenvalue weighted by Gasteiger charge is 2.57. The summed E-state index contributed by atoms with van der Waals surface area (Å²) in [5, 5.41) is 0. The molecule has 0 bridgehead atoms. The Labute approximate surface area is 99.4 Å². The number of rotatable bonds is 3. The lowest BCUT2D eigenvalue weighted by atomic mass is 9.98. The zero-order valence-electron chi connectivity index (χ0n) is 9.27. The molecule has 1 nitrogen and oxygen atoms in total. The molecule has 1 rings (SSSR count). The molecule has 0 saturated carbocycles. The third-order valence-electron chi connectivity index (χ3n) is 2.18. The summed E-state index contributed by atoms with van der Waals surface area (Å²) in [4.78, 5) is 0. The van der Waals surface area contributed by atoms with E-state index in [9.17, 15) is 26.3 Å². The molecule has 0 amide bonds. The van der Waals surface area contributed by atoms with Crippen molar-refractivity contribution < 1.29 is 31.1 Å². The van der Waals surface area contributed by atoms with Crippen molar-refractivity contribution in [1.29, 1.82) is 0 Å². The summed E-state index contributed by atoms with van der Waals surface area (Å²) in [5.41, 5.74) is -0.849. The second-order valence-electron chi connectivity index (χ2n) is 3.52. The second kappa shape index (κ2) is 5.07. The Bertz CT molecular complexity index is 364. The molecular formula is C11H10F6O. The van der Waals surface area contributed by atoms with Gasteiger partial charge < -0.3 is 4.74 Å². The monoisotopic (exact) mass is 272 g/mol. The molecular weight excluding hydrogens is 262 g/mol. The van der Waals surface area contributed by atoms with Crippen LogP contribution in [-0.4, -0.2) is 19.0 Å². The van der Waals surface area contributed by atoms with E-state index < -0.39 is 23.8 Å². The Balaban J connectivity index is 3.08. The van der Waals surface area contributed by atoms with Crippen LogP contribution in [0.1, 0.15) is 18.4 Å². The van der Waals surface area contributed by atoms with Crippen LogP contribution in [0.5, 0.6) is 5.75 Å². The van der Waals surface area contributed by atoms with Crippen molar-refractivity contribution in [1.82, 2.24) is 0 Å². The molecule has 0 fully saturated rings. The molecule has 0 atom stereocenters. The minimum atomic E-state index is -5.37. The van der Waals surface area contributed by atoms with Crippen LogP contribution in [0.3, 0.4) is 0 Å². The second-order valence-corrected chi connectivity index (χ2v) is 3.52. The van der Waals surface area contributed by atoms with Gasteiger partial charge in [-0.1, -0.05) is 12.1 Å². The Morgan fingerprint density at radius 2 is 1.39 bits per heavy atom. The standard InChI is InChI=1S/C11H10F6O/c1-2-18-8-5-3-7(4-6-8)9(10(12,13)14)11(15,16)17/h3-6,9H,2H2,1H3. The van der Waals surface area contributed by atoms with Crippen molar-refractivity contribution in [2.45, 2.75) is 25.2 Å². The van der Waals surface area contributed by atoms with Gasteiger partial charge in [-0.05, 0) is 24.6 Å². The molecule has 0 aromatic heterocycles. The van der Waals surface area contributed by atoms with E-state index in [1.54, 1.807) is 6.92 Å². The van der Waals surface area contributed by atoms with Gasteiger partial charge in [-0.2, -0.15) is 26.3 Å². The molecule has 0 aliphatic rings. The van der Waals surface area contributed by atoms with Crippen LogP contribution in [0.4, 0.5) is 26.3 Å². The Morgan fingerprint density at radius 1 is 0.944 bits per heavy atom. The maximum absolute atomic E-state index is 12.4. The summed E-state index contributed by atoms with van der Waals surface area (Å²) in [6, 6.07) is 3.72. The van der Waals surface area contributed by atoms with E-state index in [0.29, 0.717) is 0 Å². The Morgan fingerprint density at radius 3 is 1.72 bits per heavy atom. The van der Waals surface area contributed by atoms with Crippen molar-refractivity contribution in [2.24, 2.45) is 0 Å². The molecule has 102 valence electrons. The predicted molar refractivity (Wildman–Crippen MR) is 52.5 cm³/mol. The minimum absolute atomic E-state index is 0.226. The molecule has 0 aliphatic heterocycles. The summed E-state index contributed by atoms with van der Waals surface area (Å²) in [6.07, 6.45) is -10.7.